The zero-order valence-electron chi connectivity index (χ0n) is 16.0. The van der Waals surface area contributed by atoms with Gasteiger partial charge in [-0.1, -0.05) is 30.4 Å². The van der Waals surface area contributed by atoms with Crippen LogP contribution in [0.2, 0.25) is 0 Å². The molecule has 0 saturated carbocycles. The zero-order valence-corrected chi connectivity index (χ0v) is 16.8. The maximum Gasteiger partial charge on any atom is 0.235 e. The molecule has 4 heterocycles. The molecule has 0 spiro atoms. The van der Waals surface area contributed by atoms with Gasteiger partial charge in [0, 0.05) is 5.56 Å². The van der Waals surface area contributed by atoms with Crippen LogP contribution in [-0.4, -0.2) is 32.8 Å². The maximum atomic E-state index is 14.0. The van der Waals surface area contributed by atoms with Crippen molar-refractivity contribution in [2.24, 2.45) is 5.92 Å². The first-order chi connectivity index (χ1) is 14.1. The van der Waals surface area contributed by atoms with Gasteiger partial charge in [0.05, 0.1) is 19.4 Å². The van der Waals surface area contributed by atoms with E-state index in [2.05, 4.69) is 17.0 Å². The summed E-state index contributed by atoms with van der Waals surface area (Å²) in [5, 5.41) is 15.4. The number of benzene rings is 1. The van der Waals surface area contributed by atoms with Crippen molar-refractivity contribution in [2.75, 3.05) is 13.1 Å². The minimum Gasteiger partial charge on any atom is -0.492 e. The molecular formula is C21H22FN4O2S+. The molecule has 1 fully saturated rings. The molecule has 6 nitrogen and oxygen atoms in total. The summed E-state index contributed by atoms with van der Waals surface area (Å²) in [5.74, 6) is 1.48. The summed E-state index contributed by atoms with van der Waals surface area (Å²) in [4.78, 5) is 7.21. The highest BCUT2D eigenvalue weighted by molar-refractivity contribution is 7.17. The Kier molecular flexibility index (Phi) is 4.60. The highest BCUT2D eigenvalue weighted by Crippen LogP contribution is 2.36. The lowest BCUT2D eigenvalue weighted by Gasteiger charge is -2.33. The van der Waals surface area contributed by atoms with Gasteiger partial charge in [0.25, 0.3) is 0 Å². The molecule has 1 atom stereocenters. The Balaban J connectivity index is 1.59. The number of aromatic hydroxyl groups is 1. The molecule has 2 N–H and O–H groups in total. The number of halogens is 1. The summed E-state index contributed by atoms with van der Waals surface area (Å²) in [7, 11) is 0. The van der Waals surface area contributed by atoms with E-state index in [1.54, 1.807) is 30.5 Å². The fraction of sp³-hybridized carbons (Fsp3) is 0.333. The minimum absolute atomic E-state index is 0.0655. The molecule has 150 valence electrons. The Morgan fingerprint density at radius 2 is 2.10 bits per heavy atom. The van der Waals surface area contributed by atoms with E-state index in [-0.39, 0.29) is 17.7 Å². The lowest BCUT2D eigenvalue weighted by atomic mass is 9.95. The van der Waals surface area contributed by atoms with Crippen molar-refractivity contribution in [3.63, 3.8) is 0 Å². The number of hydrogen-bond acceptors (Lipinski definition) is 5. The molecular weight excluding hydrogens is 391 g/mol. The van der Waals surface area contributed by atoms with E-state index in [0.29, 0.717) is 22.5 Å². The van der Waals surface area contributed by atoms with E-state index in [4.69, 9.17) is 4.42 Å². The molecule has 0 aliphatic carbocycles. The van der Waals surface area contributed by atoms with E-state index in [0.717, 1.165) is 36.4 Å². The molecule has 1 aromatic carbocycles. The lowest BCUT2D eigenvalue weighted by molar-refractivity contribution is -0.931. The summed E-state index contributed by atoms with van der Waals surface area (Å²) in [6, 6.07) is 10.1. The van der Waals surface area contributed by atoms with Crippen LogP contribution in [0.5, 0.6) is 5.88 Å². The maximum absolute atomic E-state index is 14.0. The van der Waals surface area contributed by atoms with Gasteiger partial charge >= 0.3 is 0 Å². The first-order valence-electron chi connectivity index (χ1n) is 9.82. The van der Waals surface area contributed by atoms with E-state index < -0.39 is 0 Å². The monoisotopic (exact) mass is 413 g/mol. The average molecular weight is 413 g/mol. The fourth-order valence-electron chi connectivity index (χ4n) is 4.13. The van der Waals surface area contributed by atoms with Crippen molar-refractivity contribution in [2.45, 2.75) is 25.8 Å². The Labute approximate surface area is 171 Å². The van der Waals surface area contributed by atoms with Gasteiger partial charge in [-0.2, -0.15) is 9.50 Å². The number of thiazole rings is 1. The lowest BCUT2D eigenvalue weighted by Crippen LogP contribution is -3.13. The number of nitrogens with zero attached hydrogens (tertiary/aromatic N) is 3. The standard InChI is InChI=1S/C21H21FN4O2S/c1-13-7-9-25(10-8-13)17(14-4-2-5-15(22)12-14)18-20(27)26-21(29-18)23-19(24-26)16-6-3-11-28-16/h2-6,11-13,17,27H,7-10H2,1H3/p+1/t17-/m0/s1. The molecule has 29 heavy (non-hydrogen) atoms. The van der Waals surface area contributed by atoms with E-state index in [1.807, 2.05) is 6.07 Å². The first-order valence-corrected chi connectivity index (χ1v) is 10.6. The smallest absolute Gasteiger partial charge is 0.235 e. The number of furan rings is 1. The van der Waals surface area contributed by atoms with Gasteiger partial charge in [-0.3, -0.25) is 0 Å². The van der Waals surface area contributed by atoms with Gasteiger partial charge in [0.2, 0.25) is 16.7 Å². The highest BCUT2D eigenvalue weighted by Gasteiger charge is 2.35. The number of fused-ring (bicyclic) bond motifs is 1. The van der Waals surface area contributed by atoms with Crippen LogP contribution in [0.3, 0.4) is 0 Å². The van der Waals surface area contributed by atoms with Crippen molar-refractivity contribution in [1.82, 2.24) is 14.6 Å². The normalized spacial score (nSPS) is 20.9. The number of quaternary nitrogens is 1. The number of nitrogens with one attached hydrogen (secondary N) is 1. The molecule has 1 aliphatic heterocycles. The van der Waals surface area contributed by atoms with Gasteiger partial charge in [-0.15, -0.1) is 5.10 Å². The van der Waals surface area contributed by atoms with Gasteiger partial charge in [-0.25, -0.2) is 4.39 Å². The van der Waals surface area contributed by atoms with E-state index >= 15 is 0 Å². The Morgan fingerprint density at radius 3 is 2.79 bits per heavy atom. The topological polar surface area (TPSA) is 68.0 Å². The average Bonchev–Trinajstić information content (AvgIpc) is 3.43. The highest BCUT2D eigenvalue weighted by atomic mass is 32.1. The number of rotatable bonds is 4. The predicted molar refractivity (Wildman–Crippen MR) is 108 cm³/mol. The van der Waals surface area contributed by atoms with Crippen molar-refractivity contribution in [3.8, 4) is 17.5 Å². The van der Waals surface area contributed by atoms with Gasteiger partial charge in [0.1, 0.15) is 10.7 Å². The fourth-order valence-corrected chi connectivity index (χ4v) is 5.27. The predicted octanol–water partition coefficient (Wildman–Crippen LogP) is 3.30. The third kappa shape index (κ3) is 3.32. The van der Waals surface area contributed by atoms with Crippen LogP contribution in [0.4, 0.5) is 4.39 Å². The van der Waals surface area contributed by atoms with Crippen molar-refractivity contribution in [3.05, 3.63) is 58.9 Å². The molecule has 0 bridgehead atoms. The van der Waals surface area contributed by atoms with Crippen LogP contribution < -0.4 is 4.90 Å². The molecule has 0 unspecified atom stereocenters. The van der Waals surface area contributed by atoms with E-state index in [9.17, 15) is 9.50 Å². The second kappa shape index (κ2) is 7.27. The van der Waals surface area contributed by atoms with Crippen LogP contribution >= 0.6 is 11.3 Å². The largest absolute Gasteiger partial charge is 0.492 e. The Hall–Kier alpha value is -2.71. The molecule has 1 saturated heterocycles. The van der Waals surface area contributed by atoms with Crippen molar-refractivity contribution >= 4 is 16.3 Å². The van der Waals surface area contributed by atoms with Gasteiger partial charge < -0.3 is 14.4 Å². The minimum atomic E-state index is -0.267. The molecule has 0 amide bonds. The third-order valence-corrected chi connectivity index (χ3v) is 6.80. The van der Waals surface area contributed by atoms with Crippen LogP contribution in [-0.2, 0) is 0 Å². The first kappa shape index (κ1) is 18.3. The van der Waals surface area contributed by atoms with Crippen LogP contribution in [0.1, 0.15) is 36.2 Å². The molecule has 8 heteroatoms. The summed E-state index contributed by atoms with van der Waals surface area (Å²) < 4.78 is 20.8. The van der Waals surface area contributed by atoms with Crippen molar-refractivity contribution < 1.29 is 18.8 Å². The second-order valence-corrected chi connectivity index (χ2v) is 8.73. The number of hydrogen-bond donors (Lipinski definition) is 2. The van der Waals surface area contributed by atoms with Gasteiger partial charge in [-0.05, 0) is 43.0 Å². The molecule has 1 aliphatic rings. The molecule has 0 radical (unpaired) electrons. The zero-order chi connectivity index (χ0) is 20.0. The summed E-state index contributed by atoms with van der Waals surface area (Å²) in [5.41, 5.74) is 0.862. The quantitative estimate of drug-likeness (QED) is 0.539. The number of aromatic nitrogens is 3. The van der Waals surface area contributed by atoms with Gasteiger partial charge in [0.15, 0.2) is 11.8 Å². The molecule has 3 aromatic heterocycles. The summed E-state index contributed by atoms with van der Waals surface area (Å²) in [6.45, 7) is 4.23. The Bertz CT molecular complexity index is 1130. The van der Waals surface area contributed by atoms with E-state index in [1.165, 1.54) is 26.8 Å². The number of likely N-dealkylation sites (tertiary alicyclic amines) is 1. The van der Waals surface area contributed by atoms with Crippen LogP contribution in [0.15, 0.2) is 47.1 Å². The molecule has 5 rings (SSSR count). The molecule has 4 aromatic rings. The van der Waals surface area contributed by atoms with Crippen LogP contribution in [0.25, 0.3) is 16.5 Å². The Morgan fingerprint density at radius 1 is 1.28 bits per heavy atom. The summed E-state index contributed by atoms with van der Waals surface area (Å²) in [6.07, 6.45) is 3.80. The second-order valence-electron chi connectivity index (χ2n) is 7.73. The number of piperidine rings is 1. The SMILES string of the molecule is CC1CC[NH+]([C@@H](c2cccc(F)c2)c2sc3nc(-c4ccco4)nn3c2O)CC1. The van der Waals surface area contributed by atoms with Crippen molar-refractivity contribution in [1.29, 1.82) is 0 Å². The van der Waals surface area contributed by atoms with Crippen LogP contribution in [0, 0.1) is 11.7 Å². The third-order valence-electron chi connectivity index (χ3n) is 5.71. The summed E-state index contributed by atoms with van der Waals surface area (Å²) >= 11 is 1.40.